The summed E-state index contributed by atoms with van der Waals surface area (Å²) >= 11 is 0. The zero-order valence-electron chi connectivity index (χ0n) is 21.8. The van der Waals surface area contributed by atoms with E-state index in [1.807, 2.05) is 69.3 Å². The molecular weight excluding hydrogens is 480 g/mol. The van der Waals surface area contributed by atoms with Gasteiger partial charge in [0.2, 0.25) is 5.76 Å². The summed E-state index contributed by atoms with van der Waals surface area (Å²) in [5, 5.41) is 0.357. The van der Waals surface area contributed by atoms with Crippen molar-refractivity contribution >= 4 is 28.5 Å². The van der Waals surface area contributed by atoms with Crippen LogP contribution in [-0.4, -0.2) is 37.0 Å². The maximum atomic E-state index is 14.7. The molecule has 1 aromatic heterocycles. The number of nitrogens with zero attached hydrogens (tertiary/aromatic N) is 2. The lowest BCUT2D eigenvalue weighted by atomic mass is 9.84. The molecule has 4 aromatic rings. The third-order valence-corrected chi connectivity index (χ3v) is 7.96. The summed E-state index contributed by atoms with van der Waals surface area (Å²) in [6.45, 7) is 6.47. The van der Waals surface area contributed by atoms with Crippen molar-refractivity contribution in [1.82, 2.24) is 4.90 Å². The lowest BCUT2D eigenvalue weighted by Crippen LogP contribution is -2.54. The van der Waals surface area contributed by atoms with E-state index in [1.54, 1.807) is 24.1 Å². The molecule has 2 aliphatic heterocycles. The van der Waals surface area contributed by atoms with Crippen molar-refractivity contribution in [1.29, 1.82) is 0 Å². The number of methoxy groups -OCH3 is 1. The van der Waals surface area contributed by atoms with Gasteiger partial charge >= 0.3 is 0 Å². The predicted octanol–water partition coefficient (Wildman–Crippen LogP) is 4.61. The zero-order valence-corrected chi connectivity index (χ0v) is 21.8. The van der Waals surface area contributed by atoms with Crippen molar-refractivity contribution in [2.75, 3.05) is 25.2 Å². The van der Waals surface area contributed by atoms with Crippen molar-refractivity contribution < 1.29 is 18.7 Å². The quantitative estimate of drug-likeness (QED) is 0.393. The Bertz CT molecular complexity index is 1700. The minimum atomic E-state index is -1.64. The van der Waals surface area contributed by atoms with Gasteiger partial charge in [-0.25, -0.2) is 0 Å². The lowest BCUT2D eigenvalue weighted by Gasteiger charge is -2.34. The van der Waals surface area contributed by atoms with Crippen molar-refractivity contribution in [3.05, 3.63) is 110 Å². The van der Waals surface area contributed by atoms with E-state index >= 15 is 0 Å². The Morgan fingerprint density at radius 2 is 1.61 bits per heavy atom. The van der Waals surface area contributed by atoms with Crippen molar-refractivity contribution in [3.63, 3.8) is 0 Å². The third kappa shape index (κ3) is 3.15. The van der Waals surface area contributed by atoms with Gasteiger partial charge in [0, 0.05) is 19.2 Å². The van der Waals surface area contributed by atoms with Gasteiger partial charge in [-0.1, -0.05) is 42.5 Å². The van der Waals surface area contributed by atoms with Crippen LogP contribution in [-0.2, 0) is 21.6 Å². The van der Waals surface area contributed by atoms with E-state index < -0.39 is 11.4 Å². The van der Waals surface area contributed by atoms with Gasteiger partial charge < -0.3 is 19.0 Å². The van der Waals surface area contributed by atoms with Crippen LogP contribution in [0.1, 0.15) is 43.9 Å². The number of fused-ring (bicyclic) bond motifs is 5. The Hall–Kier alpha value is -4.23. The standard InChI is InChI=1S/C31H28N2O5/c1-18-9-5-6-10-21(18)17-32-24-12-8-7-11-23(24)31(30(32)36)26-27(34)22-15-19(2)20(3)16-25(22)38-28(26)29(35)33(31)13-14-37-4/h5-12,15-16H,13-14,17H2,1-4H3. The summed E-state index contributed by atoms with van der Waals surface area (Å²) in [4.78, 5) is 46.0. The van der Waals surface area contributed by atoms with Crippen LogP contribution in [0.3, 0.4) is 0 Å². The molecule has 0 radical (unpaired) electrons. The van der Waals surface area contributed by atoms with Gasteiger partial charge in [-0.2, -0.15) is 0 Å². The van der Waals surface area contributed by atoms with Gasteiger partial charge in [-0.15, -0.1) is 0 Å². The molecule has 1 spiro atoms. The molecule has 38 heavy (non-hydrogen) atoms. The number of hydrogen-bond donors (Lipinski definition) is 0. The molecule has 0 fully saturated rings. The molecule has 1 atom stereocenters. The van der Waals surface area contributed by atoms with Crippen molar-refractivity contribution in [3.8, 4) is 0 Å². The van der Waals surface area contributed by atoms with E-state index in [-0.39, 0.29) is 35.8 Å². The highest BCUT2D eigenvalue weighted by Gasteiger charge is 2.64. The molecule has 0 N–H and O–H groups in total. The molecule has 6 rings (SSSR count). The normalized spacial score (nSPS) is 18.1. The first-order valence-electron chi connectivity index (χ1n) is 12.7. The maximum absolute atomic E-state index is 14.7. The van der Waals surface area contributed by atoms with Gasteiger partial charge in [-0.05, 0) is 61.2 Å². The molecule has 7 nitrogen and oxygen atoms in total. The topological polar surface area (TPSA) is 80.1 Å². The van der Waals surface area contributed by atoms with E-state index in [1.165, 1.54) is 4.90 Å². The summed E-state index contributed by atoms with van der Waals surface area (Å²) in [6.07, 6.45) is 0. The molecule has 2 aliphatic rings. The van der Waals surface area contributed by atoms with E-state index in [0.29, 0.717) is 28.8 Å². The second-order valence-corrected chi connectivity index (χ2v) is 10.1. The zero-order chi connectivity index (χ0) is 26.8. The van der Waals surface area contributed by atoms with E-state index in [4.69, 9.17) is 9.15 Å². The second-order valence-electron chi connectivity index (χ2n) is 10.1. The SMILES string of the molecule is COCCN1C(=O)c2oc3cc(C)c(C)cc3c(=O)c2C12C(=O)N(Cc1ccccc1C)c1ccccc12. The molecule has 3 aromatic carbocycles. The van der Waals surface area contributed by atoms with Crippen LogP contribution in [0.2, 0.25) is 0 Å². The summed E-state index contributed by atoms with van der Waals surface area (Å²) in [6, 6.07) is 18.8. The maximum Gasteiger partial charge on any atom is 0.291 e. The second kappa shape index (κ2) is 8.67. The van der Waals surface area contributed by atoms with Crippen molar-refractivity contribution in [2.45, 2.75) is 32.9 Å². The summed E-state index contributed by atoms with van der Waals surface area (Å²) < 4.78 is 11.5. The van der Waals surface area contributed by atoms with E-state index in [2.05, 4.69) is 0 Å². The Kier molecular flexibility index (Phi) is 5.50. The number of benzene rings is 3. The first-order chi connectivity index (χ1) is 18.3. The highest BCUT2D eigenvalue weighted by Crippen LogP contribution is 2.52. The fourth-order valence-corrected chi connectivity index (χ4v) is 5.84. The number of rotatable bonds is 5. The minimum absolute atomic E-state index is 0.0808. The van der Waals surface area contributed by atoms with Gasteiger partial charge in [0.15, 0.2) is 11.0 Å². The number of hydrogen-bond acceptors (Lipinski definition) is 5. The van der Waals surface area contributed by atoms with Gasteiger partial charge in [0.1, 0.15) is 5.58 Å². The predicted molar refractivity (Wildman–Crippen MR) is 144 cm³/mol. The Morgan fingerprint density at radius 3 is 2.37 bits per heavy atom. The molecule has 0 aliphatic carbocycles. The summed E-state index contributed by atoms with van der Waals surface area (Å²) in [5.74, 6) is -0.918. The molecule has 192 valence electrons. The van der Waals surface area contributed by atoms with Crippen LogP contribution < -0.4 is 10.3 Å². The number of aryl methyl sites for hydroxylation is 3. The number of carbonyl (C=O) groups excluding carboxylic acids is 2. The minimum Gasteiger partial charge on any atom is -0.450 e. The molecule has 2 amide bonds. The van der Waals surface area contributed by atoms with Crippen LogP contribution in [0, 0.1) is 20.8 Å². The average molecular weight is 509 g/mol. The molecule has 1 unspecified atom stereocenters. The molecule has 0 saturated carbocycles. The largest absolute Gasteiger partial charge is 0.450 e. The third-order valence-electron chi connectivity index (χ3n) is 7.96. The molecule has 0 saturated heterocycles. The summed E-state index contributed by atoms with van der Waals surface area (Å²) in [7, 11) is 1.54. The smallest absolute Gasteiger partial charge is 0.291 e. The highest BCUT2D eigenvalue weighted by molar-refractivity contribution is 6.17. The lowest BCUT2D eigenvalue weighted by molar-refractivity contribution is -0.126. The molecule has 0 bridgehead atoms. The van der Waals surface area contributed by atoms with Crippen molar-refractivity contribution in [2.24, 2.45) is 0 Å². The summed E-state index contributed by atoms with van der Waals surface area (Å²) in [5.41, 5.74) is 3.59. The Morgan fingerprint density at radius 1 is 0.895 bits per heavy atom. The molecule has 7 heteroatoms. The average Bonchev–Trinajstić information content (AvgIpc) is 3.30. The molecule has 3 heterocycles. The van der Waals surface area contributed by atoms with Gasteiger partial charge in [0.25, 0.3) is 11.8 Å². The van der Waals surface area contributed by atoms with E-state index in [9.17, 15) is 14.4 Å². The molecular formula is C31H28N2O5. The monoisotopic (exact) mass is 508 g/mol. The highest BCUT2D eigenvalue weighted by atomic mass is 16.5. The fraction of sp³-hybridized carbons (Fsp3) is 0.258. The van der Waals surface area contributed by atoms with Gasteiger partial charge in [0.05, 0.1) is 29.8 Å². The number of ether oxygens (including phenoxy) is 1. The van der Waals surface area contributed by atoms with Crippen LogP contribution in [0.4, 0.5) is 5.69 Å². The Labute approximate surface area is 220 Å². The number of amides is 2. The fourth-order valence-electron chi connectivity index (χ4n) is 5.84. The number of para-hydroxylation sites is 1. The van der Waals surface area contributed by atoms with Gasteiger partial charge in [-0.3, -0.25) is 14.4 Å². The Balaban J connectivity index is 1.66. The van der Waals surface area contributed by atoms with E-state index in [0.717, 1.165) is 22.3 Å². The van der Waals surface area contributed by atoms with Crippen LogP contribution in [0.25, 0.3) is 11.0 Å². The number of anilines is 1. The number of carbonyl (C=O) groups is 2. The van der Waals surface area contributed by atoms with Crippen LogP contribution in [0.15, 0.2) is 69.9 Å². The van der Waals surface area contributed by atoms with Crippen LogP contribution in [0.5, 0.6) is 0 Å². The first-order valence-corrected chi connectivity index (χ1v) is 12.7. The first kappa shape index (κ1) is 24.1. The van der Waals surface area contributed by atoms with Crippen LogP contribution >= 0.6 is 0 Å².